The highest BCUT2D eigenvalue weighted by Gasteiger charge is 2.26. The molecule has 2 N–H and O–H groups in total. The third kappa shape index (κ3) is 5.50. The Hall–Kier alpha value is -3.18. The highest BCUT2D eigenvalue weighted by Crippen LogP contribution is 2.29. The van der Waals surface area contributed by atoms with Gasteiger partial charge in [-0.15, -0.1) is 0 Å². The Labute approximate surface area is 180 Å². The minimum Gasteiger partial charge on any atom is -0.497 e. The second-order valence-corrected chi connectivity index (χ2v) is 8.70. The molecule has 0 bridgehead atoms. The van der Waals surface area contributed by atoms with E-state index in [1.54, 1.807) is 16.9 Å². The highest BCUT2D eigenvalue weighted by molar-refractivity contribution is 7.89. The van der Waals surface area contributed by atoms with Crippen molar-refractivity contribution in [3.63, 3.8) is 0 Å². The van der Waals surface area contributed by atoms with Crippen LogP contribution in [0.25, 0.3) is 0 Å². The summed E-state index contributed by atoms with van der Waals surface area (Å²) in [5, 5.41) is 16.3. The van der Waals surface area contributed by atoms with Gasteiger partial charge in [-0.1, -0.05) is 12.1 Å². The van der Waals surface area contributed by atoms with E-state index in [0.29, 0.717) is 44.7 Å². The molecule has 0 aromatic heterocycles. The summed E-state index contributed by atoms with van der Waals surface area (Å²) in [5.74, 6) is 0.780. The van der Waals surface area contributed by atoms with Gasteiger partial charge in [0.05, 0.1) is 17.7 Å². The summed E-state index contributed by atoms with van der Waals surface area (Å²) in [6.07, 6.45) is 0.979. The van der Waals surface area contributed by atoms with Crippen molar-refractivity contribution in [2.45, 2.75) is 17.7 Å². The van der Waals surface area contributed by atoms with Gasteiger partial charge in [0.15, 0.2) is 0 Å². The molecule has 0 aliphatic carbocycles. The number of nitrogens with zero attached hydrogens (tertiary/aromatic N) is 3. The van der Waals surface area contributed by atoms with Crippen LogP contribution < -0.4 is 14.8 Å². The minimum absolute atomic E-state index is 0.0193. The lowest BCUT2D eigenvalue weighted by Crippen LogP contribution is -2.49. The molecule has 0 unspecified atom stereocenters. The van der Waals surface area contributed by atoms with Crippen LogP contribution in [0.4, 0.5) is 11.4 Å². The Kier molecular flexibility index (Phi) is 6.76. The van der Waals surface area contributed by atoms with Crippen LogP contribution in [0.15, 0.2) is 47.4 Å². The number of anilines is 1. The van der Waals surface area contributed by atoms with Gasteiger partial charge in [0.25, 0.3) is 5.69 Å². The highest BCUT2D eigenvalue weighted by atomic mass is 32.2. The van der Waals surface area contributed by atoms with E-state index in [1.165, 1.54) is 12.1 Å². The molecule has 0 spiro atoms. The molecule has 1 aliphatic heterocycles. The summed E-state index contributed by atoms with van der Waals surface area (Å²) in [5.41, 5.74) is 0.995. The number of carbonyl (C=O) groups excluding carboxylic acids is 1. The average Bonchev–Trinajstić information content (AvgIpc) is 2.77. The SMILES string of the molecule is COc1ccc(CCC(=O)N2CCN(c3ccc([N+](=O)[O-])cc3S(N)(=O)=O)CC2)cc1. The normalized spacial score (nSPS) is 14.4. The monoisotopic (exact) mass is 448 g/mol. The number of nitro groups is 1. The molecule has 0 atom stereocenters. The van der Waals surface area contributed by atoms with E-state index < -0.39 is 14.9 Å². The smallest absolute Gasteiger partial charge is 0.270 e. The van der Waals surface area contributed by atoms with Crippen molar-refractivity contribution in [3.05, 3.63) is 58.1 Å². The number of benzene rings is 2. The summed E-state index contributed by atoms with van der Waals surface area (Å²) < 4.78 is 29.0. The van der Waals surface area contributed by atoms with Crippen LogP contribution in [-0.4, -0.2) is 57.4 Å². The van der Waals surface area contributed by atoms with E-state index in [2.05, 4.69) is 0 Å². The summed E-state index contributed by atoms with van der Waals surface area (Å²) in [4.78, 5) is 26.1. The number of aryl methyl sites for hydroxylation is 1. The van der Waals surface area contributed by atoms with Crippen molar-refractivity contribution in [2.75, 3.05) is 38.2 Å². The molecule has 1 saturated heterocycles. The Morgan fingerprint density at radius 3 is 2.32 bits per heavy atom. The summed E-state index contributed by atoms with van der Waals surface area (Å²) >= 11 is 0. The maximum atomic E-state index is 12.6. The van der Waals surface area contributed by atoms with E-state index in [4.69, 9.17) is 9.88 Å². The first kappa shape index (κ1) is 22.5. The number of non-ortho nitro benzene ring substituents is 1. The van der Waals surface area contributed by atoms with Gasteiger partial charge in [0.1, 0.15) is 10.6 Å². The maximum absolute atomic E-state index is 12.6. The quantitative estimate of drug-likeness (QED) is 0.501. The molecule has 1 amide bonds. The third-order valence-corrected chi connectivity index (χ3v) is 6.16. The molecular formula is C20H24N4O6S. The van der Waals surface area contributed by atoms with E-state index in [-0.39, 0.29) is 16.5 Å². The number of hydrogen-bond acceptors (Lipinski definition) is 7. The van der Waals surface area contributed by atoms with Crippen molar-refractivity contribution in [1.82, 2.24) is 4.90 Å². The second kappa shape index (κ2) is 9.31. The minimum atomic E-state index is -4.15. The number of rotatable bonds is 7. The molecule has 11 heteroatoms. The van der Waals surface area contributed by atoms with E-state index in [9.17, 15) is 23.3 Å². The molecule has 1 heterocycles. The Bertz CT molecular complexity index is 1060. The number of ether oxygens (including phenoxy) is 1. The Morgan fingerprint density at radius 2 is 1.77 bits per heavy atom. The van der Waals surface area contributed by atoms with Crippen LogP contribution in [0.2, 0.25) is 0 Å². The number of nitrogens with two attached hydrogens (primary N) is 1. The predicted octanol–water partition coefficient (Wildman–Crippen LogP) is 1.53. The van der Waals surface area contributed by atoms with E-state index in [1.807, 2.05) is 24.3 Å². The van der Waals surface area contributed by atoms with Crippen LogP contribution in [0.3, 0.4) is 0 Å². The largest absolute Gasteiger partial charge is 0.497 e. The zero-order valence-corrected chi connectivity index (χ0v) is 17.9. The van der Waals surface area contributed by atoms with Gasteiger partial charge in [-0.2, -0.15) is 0 Å². The van der Waals surface area contributed by atoms with Crippen LogP contribution >= 0.6 is 0 Å². The molecule has 3 rings (SSSR count). The number of nitro benzene ring substituents is 1. The second-order valence-electron chi connectivity index (χ2n) is 7.17. The van der Waals surface area contributed by atoms with Crippen LogP contribution in [-0.2, 0) is 21.2 Å². The zero-order valence-electron chi connectivity index (χ0n) is 17.1. The molecule has 31 heavy (non-hydrogen) atoms. The third-order valence-electron chi connectivity index (χ3n) is 5.22. The number of sulfonamides is 1. The molecular weight excluding hydrogens is 424 g/mol. The number of amides is 1. The summed E-state index contributed by atoms with van der Waals surface area (Å²) in [7, 11) is -2.55. The fourth-order valence-corrected chi connectivity index (χ4v) is 4.28. The maximum Gasteiger partial charge on any atom is 0.270 e. The van der Waals surface area contributed by atoms with Gasteiger partial charge in [-0.3, -0.25) is 14.9 Å². The molecule has 10 nitrogen and oxygen atoms in total. The van der Waals surface area contributed by atoms with E-state index in [0.717, 1.165) is 17.4 Å². The summed E-state index contributed by atoms with van der Waals surface area (Å²) in [6.45, 7) is 1.63. The lowest BCUT2D eigenvalue weighted by molar-refractivity contribution is -0.385. The molecule has 2 aromatic rings. The predicted molar refractivity (Wildman–Crippen MR) is 115 cm³/mol. The molecule has 166 valence electrons. The topological polar surface area (TPSA) is 136 Å². The molecule has 0 saturated carbocycles. The van der Waals surface area contributed by atoms with Gasteiger partial charge >= 0.3 is 0 Å². The van der Waals surface area contributed by atoms with Crippen LogP contribution in [0, 0.1) is 10.1 Å². The number of piperazine rings is 1. The van der Waals surface area contributed by atoms with Gasteiger partial charge in [0.2, 0.25) is 15.9 Å². The fraction of sp³-hybridized carbons (Fsp3) is 0.350. The van der Waals surface area contributed by atoms with Gasteiger partial charge < -0.3 is 14.5 Å². The molecule has 0 radical (unpaired) electrons. The van der Waals surface area contributed by atoms with Gasteiger partial charge in [0, 0.05) is 44.7 Å². The Balaban J connectivity index is 1.62. The first-order valence-corrected chi connectivity index (χ1v) is 11.2. The van der Waals surface area contributed by atoms with Crippen molar-refractivity contribution in [1.29, 1.82) is 0 Å². The van der Waals surface area contributed by atoms with Crippen molar-refractivity contribution < 1.29 is 22.9 Å². The molecule has 1 fully saturated rings. The lowest BCUT2D eigenvalue weighted by atomic mass is 10.1. The van der Waals surface area contributed by atoms with E-state index >= 15 is 0 Å². The van der Waals surface area contributed by atoms with Crippen molar-refractivity contribution in [2.24, 2.45) is 5.14 Å². The van der Waals surface area contributed by atoms with Crippen LogP contribution in [0.1, 0.15) is 12.0 Å². The first-order valence-electron chi connectivity index (χ1n) is 9.66. The Morgan fingerprint density at radius 1 is 1.13 bits per heavy atom. The molecule has 2 aromatic carbocycles. The average molecular weight is 449 g/mol. The molecule has 1 aliphatic rings. The number of carbonyl (C=O) groups is 1. The number of hydrogen-bond donors (Lipinski definition) is 1. The standard InChI is InChI=1S/C20H24N4O6S/c1-30-17-6-2-15(3-7-17)4-9-20(25)23-12-10-22(11-13-23)18-8-5-16(24(26)27)14-19(18)31(21,28)29/h2-3,5-8,14H,4,9-13H2,1H3,(H2,21,28,29). The first-order chi connectivity index (χ1) is 14.7. The summed E-state index contributed by atoms with van der Waals surface area (Å²) in [6, 6.07) is 11.2. The van der Waals surface area contributed by atoms with Crippen molar-refractivity contribution in [3.8, 4) is 5.75 Å². The zero-order chi connectivity index (χ0) is 22.6. The van der Waals surface area contributed by atoms with Crippen LogP contribution in [0.5, 0.6) is 5.75 Å². The lowest BCUT2D eigenvalue weighted by Gasteiger charge is -2.36. The number of methoxy groups -OCH3 is 1. The van der Waals surface area contributed by atoms with Crippen molar-refractivity contribution >= 4 is 27.3 Å². The fourth-order valence-electron chi connectivity index (χ4n) is 3.50. The number of primary sulfonamides is 1. The van der Waals surface area contributed by atoms with Gasteiger partial charge in [-0.25, -0.2) is 13.6 Å². The van der Waals surface area contributed by atoms with Gasteiger partial charge in [-0.05, 0) is 30.2 Å².